The van der Waals surface area contributed by atoms with E-state index < -0.39 is 0 Å². The molecule has 100 valence electrons. The summed E-state index contributed by atoms with van der Waals surface area (Å²) < 4.78 is 5.68. The summed E-state index contributed by atoms with van der Waals surface area (Å²) in [7, 11) is 0. The Bertz CT molecular complexity index is 383. The van der Waals surface area contributed by atoms with Gasteiger partial charge in [-0.3, -0.25) is 4.90 Å². The van der Waals surface area contributed by atoms with Gasteiger partial charge in [-0.1, -0.05) is 18.5 Å². The van der Waals surface area contributed by atoms with Crippen molar-refractivity contribution in [2.24, 2.45) is 0 Å². The van der Waals surface area contributed by atoms with E-state index in [-0.39, 0.29) is 12.1 Å². The van der Waals surface area contributed by atoms with E-state index in [1.807, 2.05) is 0 Å². The second-order valence-electron chi connectivity index (χ2n) is 4.20. The molecule has 1 aliphatic rings. The van der Waals surface area contributed by atoms with Crippen molar-refractivity contribution in [1.29, 1.82) is 0 Å². The molecule has 0 bridgehead atoms. The van der Waals surface area contributed by atoms with Gasteiger partial charge in [0.05, 0.1) is 12.7 Å². The zero-order valence-corrected chi connectivity index (χ0v) is 11.2. The summed E-state index contributed by atoms with van der Waals surface area (Å²) >= 11 is 5.81. The molecule has 0 aliphatic carbocycles. The van der Waals surface area contributed by atoms with E-state index in [9.17, 15) is 0 Å². The van der Waals surface area contributed by atoms with Crippen LogP contribution < -0.4 is 11.1 Å². The molecule has 2 heterocycles. The zero-order chi connectivity index (χ0) is 13.0. The SMILES string of the molecule is CCN1CCOC(CNc2cc(Cl)nc(N)n2)C1. The second-order valence-corrected chi connectivity index (χ2v) is 4.59. The van der Waals surface area contributed by atoms with Gasteiger partial charge in [0, 0.05) is 25.7 Å². The van der Waals surface area contributed by atoms with Gasteiger partial charge in [0.1, 0.15) is 11.0 Å². The van der Waals surface area contributed by atoms with Crippen molar-refractivity contribution < 1.29 is 4.74 Å². The summed E-state index contributed by atoms with van der Waals surface area (Å²) in [6.45, 7) is 6.58. The minimum absolute atomic E-state index is 0.161. The summed E-state index contributed by atoms with van der Waals surface area (Å²) in [4.78, 5) is 10.2. The fourth-order valence-electron chi connectivity index (χ4n) is 1.94. The molecule has 6 nitrogen and oxygen atoms in total. The van der Waals surface area contributed by atoms with E-state index in [4.69, 9.17) is 22.1 Å². The Kier molecular flexibility index (Phi) is 4.57. The predicted octanol–water partition coefficient (Wildman–Crippen LogP) is 0.845. The molecule has 7 heteroatoms. The van der Waals surface area contributed by atoms with Gasteiger partial charge in [0.15, 0.2) is 0 Å². The summed E-state index contributed by atoms with van der Waals surface area (Å²) in [6, 6.07) is 1.65. The maximum absolute atomic E-state index is 5.81. The summed E-state index contributed by atoms with van der Waals surface area (Å²) in [6.07, 6.45) is 0.161. The van der Waals surface area contributed by atoms with Crippen LogP contribution in [-0.4, -0.2) is 53.8 Å². The van der Waals surface area contributed by atoms with Crippen LogP contribution in [-0.2, 0) is 4.74 Å². The van der Waals surface area contributed by atoms with E-state index in [1.54, 1.807) is 6.07 Å². The van der Waals surface area contributed by atoms with Crippen LogP contribution in [0.15, 0.2) is 6.07 Å². The van der Waals surface area contributed by atoms with Gasteiger partial charge < -0.3 is 15.8 Å². The minimum atomic E-state index is 0.161. The van der Waals surface area contributed by atoms with E-state index >= 15 is 0 Å². The van der Waals surface area contributed by atoms with Gasteiger partial charge in [-0.05, 0) is 6.54 Å². The number of rotatable bonds is 4. The average Bonchev–Trinajstić information content (AvgIpc) is 2.35. The number of hydrogen-bond donors (Lipinski definition) is 2. The van der Waals surface area contributed by atoms with E-state index in [1.165, 1.54) is 0 Å². The molecule has 1 saturated heterocycles. The third kappa shape index (κ3) is 3.69. The standard InChI is InChI=1S/C11H18ClN5O/c1-2-17-3-4-18-8(7-17)6-14-10-5-9(12)15-11(13)16-10/h5,8H,2-4,6-7H2,1H3,(H3,13,14,15,16). The fourth-order valence-corrected chi connectivity index (χ4v) is 2.13. The second kappa shape index (κ2) is 6.17. The highest BCUT2D eigenvalue weighted by Crippen LogP contribution is 2.13. The summed E-state index contributed by atoms with van der Waals surface area (Å²) in [5.41, 5.74) is 5.53. The smallest absolute Gasteiger partial charge is 0.223 e. The van der Waals surface area contributed by atoms with Crippen LogP contribution in [0.25, 0.3) is 0 Å². The lowest BCUT2D eigenvalue weighted by molar-refractivity contribution is -0.0192. The molecule has 0 radical (unpaired) electrons. The molecule has 1 aromatic rings. The maximum atomic E-state index is 5.81. The molecule has 1 aliphatic heterocycles. The number of nitrogens with zero attached hydrogens (tertiary/aromatic N) is 3. The lowest BCUT2D eigenvalue weighted by atomic mass is 10.2. The molecule has 2 rings (SSSR count). The minimum Gasteiger partial charge on any atom is -0.374 e. The Morgan fingerprint density at radius 1 is 1.61 bits per heavy atom. The van der Waals surface area contributed by atoms with Crippen LogP contribution in [0.2, 0.25) is 5.15 Å². The molecule has 0 amide bonds. The van der Waals surface area contributed by atoms with Gasteiger partial charge in [-0.2, -0.15) is 4.98 Å². The molecular weight excluding hydrogens is 254 g/mol. The van der Waals surface area contributed by atoms with Crippen LogP contribution in [0, 0.1) is 0 Å². The van der Waals surface area contributed by atoms with Gasteiger partial charge in [-0.25, -0.2) is 4.98 Å². The van der Waals surface area contributed by atoms with Crippen LogP contribution >= 0.6 is 11.6 Å². The topological polar surface area (TPSA) is 76.3 Å². The molecule has 0 saturated carbocycles. The van der Waals surface area contributed by atoms with Crippen molar-refractivity contribution in [3.8, 4) is 0 Å². The molecule has 1 unspecified atom stereocenters. The average molecular weight is 272 g/mol. The normalized spacial score (nSPS) is 20.9. The number of halogens is 1. The molecular formula is C11H18ClN5O. The van der Waals surface area contributed by atoms with Crippen molar-refractivity contribution in [2.45, 2.75) is 13.0 Å². The van der Waals surface area contributed by atoms with Crippen LogP contribution in [0.3, 0.4) is 0 Å². The van der Waals surface area contributed by atoms with Crippen molar-refractivity contribution in [1.82, 2.24) is 14.9 Å². The molecule has 1 fully saturated rings. The Morgan fingerprint density at radius 2 is 2.44 bits per heavy atom. The molecule has 1 atom stereocenters. The van der Waals surface area contributed by atoms with Crippen LogP contribution in [0.1, 0.15) is 6.92 Å². The first kappa shape index (κ1) is 13.3. The number of nitrogens with two attached hydrogens (primary N) is 1. The highest BCUT2D eigenvalue weighted by atomic mass is 35.5. The number of likely N-dealkylation sites (N-methyl/N-ethyl adjacent to an activating group) is 1. The quantitative estimate of drug-likeness (QED) is 0.791. The van der Waals surface area contributed by atoms with Crippen molar-refractivity contribution in [3.05, 3.63) is 11.2 Å². The van der Waals surface area contributed by atoms with Crippen LogP contribution in [0.4, 0.5) is 11.8 Å². The lowest BCUT2D eigenvalue weighted by Gasteiger charge is -2.32. The number of aromatic nitrogens is 2. The number of nitrogens with one attached hydrogen (secondary N) is 1. The largest absolute Gasteiger partial charge is 0.374 e. The number of anilines is 2. The molecule has 0 aromatic carbocycles. The zero-order valence-electron chi connectivity index (χ0n) is 10.4. The van der Waals surface area contributed by atoms with Gasteiger partial charge in [0.25, 0.3) is 0 Å². The molecule has 18 heavy (non-hydrogen) atoms. The fraction of sp³-hybridized carbons (Fsp3) is 0.636. The first-order valence-corrected chi connectivity index (χ1v) is 6.43. The van der Waals surface area contributed by atoms with E-state index in [0.29, 0.717) is 17.5 Å². The van der Waals surface area contributed by atoms with Crippen molar-refractivity contribution in [3.63, 3.8) is 0 Å². The van der Waals surface area contributed by atoms with E-state index in [2.05, 4.69) is 27.1 Å². The third-order valence-electron chi connectivity index (χ3n) is 2.89. The Balaban J connectivity index is 1.87. The number of morpholine rings is 1. The Labute approximate surface area is 111 Å². The Hall–Kier alpha value is -1.11. The molecule has 1 aromatic heterocycles. The Morgan fingerprint density at radius 3 is 3.17 bits per heavy atom. The van der Waals surface area contributed by atoms with Gasteiger partial charge in [0.2, 0.25) is 5.95 Å². The summed E-state index contributed by atoms with van der Waals surface area (Å²) in [5, 5.41) is 3.51. The van der Waals surface area contributed by atoms with Gasteiger partial charge >= 0.3 is 0 Å². The first-order chi connectivity index (χ1) is 8.67. The van der Waals surface area contributed by atoms with Crippen LogP contribution in [0.5, 0.6) is 0 Å². The third-order valence-corrected chi connectivity index (χ3v) is 3.09. The van der Waals surface area contributed by atoms with Crippen molar-refractivity contribution in [2.75, 3.05) is 43.8 Å². The molecule has 0 spiro atoms. The summed E-state index contributed by atoms with van der Waals surface area (Å²) in [5.74, 6) is 0.800. The highest BCUT2D eigenvalue weighted by molar-refractivity contribution is 6.29. The predicted molar refractivity (Wildman–Crippen MR) is 71.8 cm³/mol. The van der Waals surface area contributed by atoms with E-state index in [0.717, 1.165) is 26.2 Å². The number of hydrogen-bond acceptors (Lipinski definition) is 6. The maximum Gasteiger partial charge on any atom is 0.223 e. The number of nitrogen functional groups attached to an aromatic ring is 1. The number of ether oxygens (including phenoxy) is 1. The molecule has 3 N–H and O–H groups in total. The highest BCUT2D eigenvalue weighted by Gasteiger charge is 2.19. The lowest BCUT2D eigenvalue weighted by Crippen LogP contribution is -2.45. The monoisotopic (exact) mass is 271 g/mol. The van der Waals surface area contributed by atoms with Gasteiger partial charge in [-0.15, -0.1) is 0 Å². The first-order valence-electron chi connectivity index (χ1n) is 6.05. The van der Waals surface area contributed by atoms with Crippen molar-refractivity contribution >= 4 is 23.4 Å².